The number of rotatable bonds is 6. The molecule has 0 aromatic carbocycles. The zero-order valence-electron chi connectivity index (χ0n) is 11.5. The summed E-state index contributed by atoms with van der Waals surface area (Å²) in [6, 6.07) is 0.533. The third-order valence-electron chi connectivity index (χ3n) is 3.37. The topological polar surface area (TPSA) is 29.9 Å². The lowest BCUT2D eigenvalue weighted by Gasteiger charge is -2.20. The second-order valence-corrected chi connectivity index (χ2v) is 5.24. The van der Waals surface area contributed by atoms with Gasteiger partial charge >= 0.3 is 0 Å². The maximum absolute atomic E-state index is 6.33. The highest BCUT2D eigenvalue weighted by Gasteiger charge is 2.16. The molecule has 0 saturated heterocycles. The van der Waals surface area contributed by atoms with Crippen molar-refractivity contribution < 1.29 is 0 Å². The van der Waals surface area contributed by atoms with Crippen LogP contribution in [0.4, 0.5) is 0 Å². The first-order valence-corrected chi connectivity index (χ1v) is 6.76. The molecule has 0 bridgehead atoms. The summed E-state index contributed by atoms with van der Waals surface area (Å²) in [4.78, 5) is 0. The van der Waals surface area contributed by atoms with Gasteiger partial charge in [-0.2, -0.15) is 5.10 Å². The molecule has 0 saturated carbocycles. The minimum absolute atomic E-state index is 0.533. The van der Waals surface area contributed by atoms with Crippen molar-refractivity contribution in [3.05, 3.63) is 16.4 Å². The Morgan fingerprint density at radius 3 is 2.47 bits per heavy atom. The SMILES string of the molecule is CCc1nn(C)c(CCC(NC)C(C)C)c1Cl. The third kappa shape index (κ3) is 3.46. The minimum atomic E-state index is 0.533. The van der Waals surface area contributed by atoms with Crippen LogP contribution in [0.2, 0.25) is 5.02 Å². The van der Waals surface area contributed by atoms with Crippen molar-refractivity contribution in [2.45, 2.75) is 46.1 Å². The number of hydrogen-bond donors (Lipinski definition) is 1. The van der Waals surface area contributed by atoms with Gasteiger partial charge in [-0.25, -0.2) is 0 Å². The Morgan fingerprint density at radius 2 is 2.06 bits per heavy atom. The third-order valence-corrected chi connectivity index (χ3v) is 3.81. The zero-order valence-corrected chi connectivity index (χ0v) is 12.3. The largest absolute Gasteiger partial charge is 0.317 e. The molecule has 1 aromatic rings. The Bertz CT molecular complexity index is 358. The van der Waals surface area contributed by atoms with Crippen LogP contribution in [-0.2, 0) is 19.9 Å². The number of nitrogens with zero attached hydrogens (tertiary/aromatic N) is 2. The lowest BCUT2D eigenvalue weighted by molar-refractivity contribution is 0.399. The molecule has 4 heteroatoms. The molecule has 3 nitrogen and oxygen atoms in total. The van der Waals surface area contributed by atoms with E-state index >= 15 is 0 Å². The zero-order chi connectivity index (χ0) is 13.0. The lowest BCUT2D eigenvalue weighted by atomic mass is 9.98. The fourth-order valence-electron chi connectivity index (χ4n) is 2.19. The number of halogens is 1. The molecule has 0 fully saturated rings. The first kappa shape index (κ1) is 14.5. The maximum Gasteiger partial charge on any atom is 0.0849 e. The predicted molar refractivity (Wildman–Crippen MR) is 73.6 cm³/mol. The average Bonchev–Trinajstić information content (AvgIpc) is 2.56. The van der Waals surface area contributed by atoms with Gasteiger partial charge in [0.1, 0.15) is 0 Å². The molecular weight excluding hydrogens is 234 g/mol. The average molecular weight is 258 g/mol. The molecule has 1 atom stereocenters. The summed E-state index contributed by atoms with van der Waals surface area (Å²) in [7, 11) is 4.00. The van der Waals surface area contributed by atoms with Crippen molar-refractivity contribution >= 4 is 11.6 Å². The number of nitrogens with one attached hydrogen (secondary N) is 1. The van der Waals surface area contributed by atoms with E-state index in [0.717, 1.165) is 35.7 Å². The molecule has 0 spiro atoms. The van der Waals surface area contributed by atoms with Gasteiger partial charge in [-0.3, -0.25) is 4.68 Å². The van der Waals surface area contributed by atoms with Crippen LogP contribution in [0.25, 0.3) is 0 Å². The summed E-state index contributed by atoms with van der Waals surface area (Å²) in [5.74, 6) is 0.637. The monoisotopic (exact) mass is 257 g/mol. The number of hydrogen-bond acceptors (Lipinski definition) is 2. The molecule has 0 aliphatic heterocycles. The van der Waals surface area contributed by atoms with Crippen molar-refractivity contribution in [1.82, 2.24) is 15.1 Å². The van der Waals surface area contributed by atoms with Gasteiger partial charge in [-0.15, -0.1) is 0 Å². The number of aromatic nitrogens is 2. The second-order valence-electron chi connectivity index (χ2n) is 4.86. The van der Waals surface area contributed by atoms with Crippen molar-refractivity contribution in [3.63, 3.8) is 0 Å². The predicted octanol–water partition coefficient (Wildman–Crippen LogP) is 2.81. The second kappa shape index (κ2) is 6.41. The van der Waals surface area contributed by atoms with Crippen LogP contribution in [0.15, 0.2) is 0 Å². The van der Waals surface area contributed by atoms with E-state index in [9.17, 15) is 0 Å². The van der Waals surface area contributed by atoms with Crippen LogP contribution in [0.1, 0.15) is 38.6 Å². The van der Waals surface area contributed by atoms with Crippen molar-refractivity contribution in [3.8, 4) is 0 Å². The molecule has 1 heterocycles. The Morgan fingerprint density at radius 1 is 1.41 bits per heavy atom. The van der Waals surface area contributed by atoms with E-state index in [0.29, 0.717) is 12.0 Å². The Balaban J connectivity index is 2.72. The van der Waals surface area contributed by atoms with E-state index in [1.165, 1.54) is 0 Å². The van der Waals surface area contributed by atoms with Crippen molar-refractivity contribution in [1.29, 1.82) is 0 Å². The highest BCUT2D eigenvalue weighted by molar-refractivity contribution is 6.31. The molecule has 0 amide bonds. The standard InChI is InChI=1S/C13H24ClN3/c1-6-10-13(14)12(17(5)16-10)8-7-11(15-4)9(2)3/h9,11,15H,6-8H2,1-5H3. The molecule has 98 valence electrons. The fourth-order valence-corrected chi connectivity index (χ4v) is 2.58. The van der Waals surface area contributed by atoms with Crippen LogP contribution in [0.3, 0.4) is 0 Å². The maximum atomic E-state index is 6.33. The molecule has 0 radical (unpaired) electrons. The van der Waals surface area contributed by atoms with Gasteiger partial charge in [-0.05, 0) is 32.2 Å². The summed E-state index contributed by atoms with van der Waals surface area (Å²) in [6.45, 7) is 6.56. The molecule has 0 aliphatic carbocycles. The van der Waals surface area contributed by atoms with E-state index < -0.39 is 0 Å². The lowest BCUT2D eigenvalue weighted by Crippen LogP contribution is -2.31. The summed E-state index contributed by atoms with van der Waals surface area (Å²) < 4.78 is 1.92. The summed E-state index contributed by atoms with van der Waals surface area (Å²) in [5.41, 5.74) is 2.17. The van der Waals surface area contributed by atoms with Gasteiger partial charge in [0.2, 0.25) is 0 Å². The molecule has 1 aromatic heterocycles. The smallest absolute Gasteiger partial charge is 0.0849 e. The summed E-state index contributed by atoms with van der Waals surface area (Å²) in [5, 5.41) is 8.66. The molecule has 0 aliphatic rings. The van der Waals surface area contributed by atoms with E-state index in [4.69, 9.17) is 11.6 Å². The first-order valence-electron chi connectivity index (χ1n) is 6.38. The summed E-state index contributed by atoms with van der Waals surface area (Å²) in [6.07, 6.45) is 2.97. The molecule has 1 N–H and O–H groups in total. The quantitative estimate of drug-likeness (QED) is 0.849. The highest BCUT2D eigenvalue weighted by atomic mass is 35.5. The van der Waals surface area contributed by atoms with Crippen LogP contribution in [-0.4, -0.2) is 22.9 Å². The van der Waals surface area contributed by atoms with Gasteiger partial charge in [-0.1, -0.05) is 32.4 Å². The van der Waals surface area contributed by atoms with Gasteiger partial charge in [0, 0.05) is 13.1 Å². The van der Waals surface area contributed by atoms with E-state index in [-0.39, 0.29) is 0 Å². The van der Waals surface area contributed by atoms with E-state index in [1.54, 1.807) is 0 Å². The van der Waals surface area contributed by atoms with E-state index in [1.807, 2.05) is 18.8 Å². The van der Waals surface area contributed by atoms with Gasteiger partial charge in [0.25, 0.3) is 0 Å². The van der Waals surface area contributed by atoms with Crippen molar-refractivity contribution in [2.24, 2.45) is 13.0 Å². The van der Waals surface area contributed by atoms with Gasteiger partial charge in [0.05, 0.1) is 16.4 Å². The van der Waals surface area contributed by atoms with Crippen LogP contribution in [0.5, 0.6) is 0 Å². The van der Waals surface area contributed by atoms with Crippen LogP contribution < -0.4 is 5.32 Å². The van der Waals surface area contributed by atoms with E-state index in [2.05, 4.69) is 31.2 Å². The molecular formula is C13H24ClN3. The first-order chi connectivity index (χ1) is 8.01. The minimum Gasteiger partial charge on any atom is -0.317 e. The van der Waals surface area contributed by atoms with Gasteiger partial charge < -0.3 is 5.32 Å². The Hall–Kier alpha value is -0.540. The Labute approximate surface area is 110 Å². The molecule has 1 rings (SSSR count). The van der Waals surface area contributed by atoms with Gasteiger partial charge in [0.15, 0.2) is 0 Å². The fraction of sp³-hybridized carbons (Fsp3) is 0.769. The van der Waals surface area contributed by atoms with Crippen LogP contribution >= 0.6 is 11.6 Å². The van der Waals surface area contributed by atoms with Crippen molar-refractivity contribution in [2.75, 3.05) is 7.05 Å². The normalized spacial score (nSPS) is 13.4. The summed E-state index contributed by atoms with van der Waals surface area (Å²) >= 11 is 6.33. The highest BCUT2D eigenvalue weighted by Crippen LogP contribution is 2.23. The molecule has 17 heavy (non-hydrogen) atoms. The van der Waals surface area contributed by atoms with Crippen LogP contribution in [0, 0.1) is 5.92 Å². The Kier molecular flexibility index (Phi) is 5.47. The number of aryl methyl sites for hydroxylation is 2. The molecule has 1 unspecified atom stereocenters.